The second-order valence-electron chi connectivity index (χ2n) is 3.79. The van der Waals surface area contributed by atoms with E-state index in [1.807, 2.05) is 0 Å². The molecule has 0 spiro atoms. The van der Waals surface area contributed by atoms with Crippen LogP contribution >= 0.6 is 0 Å². The number of hydrogen-bond acceptors (Lipinski definition) is 4. The fourth-order valence-electron chi connectivity index (χ4n) is 1.48. The highest BCUT2D eigenvalue weighted by molar-refractivity contribution is 6.03. The highest BCUT2D eigenvalue weighted by Gasteiger charge is 2.15. The minimum atomic E-state index is -1.06. The quantitative estimate of drug-likeness (QED) is 0.899. The van der Waals surface area contributed by atoms with E-state index >= 15 is 0 Å². The predicted octanol–water partition coefficient (Wildman–Crippen LogP) is 1.45. The Morgan fingerprint density at radius 3 is 2.47 bits per heavy atom. The third-order valence-corrected chi connectivity index (χ3v) is 2.53. The van der Waals surface area contributed by atoms with Gasteiger partial charge in [0.25, 0.3) is 5.91 Å². The van der Waals surface area contributed by atoms with E-state index in [2.05, 4.69) is 9.97 Å². The number of aromatic carboxylic acids is 1. The number of anilines is 1. The van der Waals surface area contributed by atoms with Crippen LogP contribution in [0.25, 0.3) is 0 Å². The Bertz CT molecular complexity index is 596. The summed E-state index contributed by atoms with van der Waals surface area (Å²) in [6.07, 6.45) is 2.74. The molecule has 0 aliphatic heterocycles. The average molecular weight is 257 g/mol. The van der Waals surface area contributed by atoms with Gasteiger partial charge in [-0.15, -0.1) is 0 Å². The molecule has 0 aliphatic carbocycles. The smallest absolute Gasteiger partial charge is 0.337 e. The lowest BCUT2D eigenvalue weighted by Gasteiger charge is -2.15. The molecule has 0 aliphatic rings. The first kappa shape index (κ1) is 12.7. The van der Waals surface area contributed by atoms with Gasteiger partial charge in [0, 0.05) is 19.4 Å². The van der Waals surface area contributed by atoms with Gasteiger partial charge in [-0.2, -0.15) is 0 Å². The highest BCUT2D eigenvalue weighted by Crippen LogP contribution is 2.12. The summed E-state index contributed by atoms with van der Waals surface area (Å²) < 4.78 is 0. The van der Waals surface area contributed by atoms with Crippen molar-refractivity contribution in [2.75, 3.05) is 11.9 Å². The molecule has 0 atom stereocenters. The van der Waals surface area contributed by atoms with Gasteiger partial charge < -0.3 is 5.11 Å². The molecular formula is C13H11N3O3. The number of aromatic nitrogens is 2. The van der Waals surface area contributed by atoms with Gasteiger partial charge in [0.15, 0.2) is 0 Å². The Hall–Kier alpha value is -2.76. The zero-order valence-electron chi connectivity index (χ0n) is 10.1. The van der Waals surface area contributed by atoms with Crippen LogP contribution in [0, 0.1) is 0 Å². The fraction of sp³-hybridized carbons (Fsp3) is 0.0769. The number of carboxylic acids is 1. The highest BCUT2D eigenvalue weighted by atomic mass is 16.4. The third kappa shape index (κ3) is 2.74. The Morgan fingerprint density at radius 2 is 1.95 bits per heavy atom. The summed E-state index contributed by atoms with van der Waals surface area (Å²) in [6.45, 7) is 0. The minimum Gasteiger partial charge on any atom is -0.478 e. The van der Waals surface area contributed by atoms with Crippen LogP contribution in [0.2, 0.25) is 0 Å². The van der Waals surface area contributed by atoms with E-state index < -0.39 is 5.97 Å². The van der Waals surface area contributed by atoms with E-state index in [0.29, 0.717) is 11.5 Å². The van der Waals surface area contributed by atoms with Crippen molar-refractivity contribution in [3.8, 4) is 0 Å². The molecule has 0 bridgehead atoms. The maximum Gasteiger partial charge on any atom is 0.337 e. The summed E-state index contributed by atoms with van der Waals surface area (Å²) in [5, 5.41) is 8.77. The number of amides is 1. The Morgan fingerprint density at radius 1 is 1.16 bits per heavy atom. The first-order valence-corrected chi connectivity index (χ1v) is 5.48. The van der Waals surface area contributed by atoms with Crippen molar-refractivity contribution in [2.45, 2.75) is 0 Å². The summed E-state index contributed by atoms with van der Waals surface area (Å²) >= 11 is 0. The summed E-state index contributed by atoms with van der Waals surface area (Å²) in [5.74, 6) is -1.01. The van der Waals surface area contributed by atoms with Gasteiger partial charge in [-0.3, -0.25) is 14.7 Å². The lowest BCUT2D eigenvalue weighted by molar-refractivity contribution is 0.0696. The van der Waals surface area contributed by atoms with Crippen molar-refractivity contribution in [3.63, 3.8) is 0 Å². The molecule has 2 aromatic rings. The number of pyridine rings is 2. The largest absolute Gasteiger partial charge is 0.478 e. The summed E-state index contributed by atoms with van der Waals surface area (Å²) in [4.78, 5) is 32.0. The average Bonchev–Trinajstić information content (AvgIpc) is 2.46. The van der Waals surface area contributed by atoms with Gasteiger partial charge in [0.2, 0.25) is 0 Å². The molecule has 19 heavy (non-hydrogen) atoms. The number of hydrogen-bond donors (Lipinski definition) is 1. The molecule has 2 heterocycles. The van der Waals surface area contributed by atoms with Crippen LogP contribution in [0.3, 0.4) is 0 Å². The van der Waals surface area contributed by atoms with Crippen LogP contribution < -0.4 is 4.90 Å². The molecule has 1 amide bonds. The zero-order chi connectivity index (χ0) is 13.8. The number of carbonyl (C=O) groups is 2. The predicted molar refractivity (Wildman–Crippen MR) is 68.2 cm³/mol. The number of nitrogens with zero attached hydrogens (tertiary/aromatic N) is 3. The van der Waals surface area contributed by atoms with Crippen molar-refractivity contribution in [3.05, 3.63) is 54.0 Å². The lowest BCUT2D eigenvalue weighted by Crippen LogP contribution is -2.27. The Labute approximate surface area is 109 Å². The van der Waals surface area contributed by atoms with Gasteiger partial charge in [-0.05, 0) is 24.3 Å². The van der Waals surface area contributed by atoms with Gasteiger partial charge in [0.05, 0.1) is 5.56 Å². The summed E-state index contributed by atoms with van der Waals surface area (Å²) in [6, 6.07) is 7.91. The van der Waals surface area contributed by atoms with E-state index in [4.69, 9.17) is 5.11 Å². The van der Waals surface area contributed by atoms with Crippen LogP contribution in [0.1, 0.15) is 20.8 Å². The van der Waals surface area contributed by atoms with E-state index in [1.165, 1.54) is 29.4 Å². The van der Waals surface area contributed by atoms with Crippen LogP contribution in [-0.2, 0) is 0 Å². The normalized spacial score (nSPS) is 9.95. The third-order valence-electron chi connectivity index (χ3n) is 2.53. The summed E-state index contributed by atoms with van der Waals surface area (Å²) in [7, 11) is 1.56. The Balaban J connectivity index is 2.22. The van der Waals surface area contributed by atoms with Crippen LogP contribution in [-0.4, -0.2) is 34.0 Å². The SMILES string of the molecule is CN(C(=O)c1ccccn1)c1ccc(C(=O)O)cn1. The first-order chi connectivity index (χ1) is 9.09. The lowest BCUT2D eigenvalue weighted by atomic mass is 10.2. The van der Waals surface area contributed by atoms with E-state index in [1.54, 1.807) is 25.2 Å². The molecule has 0 radical (unpaired) electrons. The number of carboxylic acid groups (broad SMARTS) is 1. The van der Waals surface area contributed by atoms with Crippen LogP contribution in [0.5, 0.6) is 0 Å². The van der Waals surface area contributed by atoms with Crippen molar-refractivity contribution >= 4 is 17.7 Å². The monoisotopic (exact) mass is 257 g/mol. The molecule has 0 saturated heterocycles. The Kier molecular flexibility index (Phi) is 3.51. The first-order valence-electron chi connectivity index (χ1n) is 5.48. The molecular weight excluding hydrogens is 246 g/mol. The minimum absolute atomic E-state index is 0.0717. The van der Waals surface area contributed by atoms with Crippen LogP contribution in [0.4, 0.5) is 5.82 Å². The van der Waals surface area contributed by atoms with Crippen molar-refractivity contribution in [1.82, 2.24) is 9.97 Å². The zero-order valence-corrected chi connectivity index (χ0v) is 10.1. The van der Waals surface area contributed by atoms with Crippen molar-refractivity contribution in [1.29, 1.82) is 0 Å². The van der Waals surface area contributed by atoms with Gasteiger partial charge in [-0.1, -0.05) is 6.07 Å². The number of rotatable bonds is 3. The standard InChI is InChI=1S/C13H11N3O3/c1-16(12(17)10-4-2-3-7-14-10)11-6-5-9(8-15-11)13(18)19/h2-8H,1H3,(H,18,19). The molecule has 0 saturated carbocycles. The second kappa shape index (κ2) is 5.26. The molecule has 6 nitrogen and oxygen atoms in total. The topological polar surface area (TPSA) is 83.4 Å². The molecule has 2 aromatic heterocycles. The molecule has 6 heteroatoms. The molecule has 0 aromatic carbocycles. The van der Waals surface area contributed by atoms with Crippen molar-refractivity contribution in [2.24, 2.45) is 0 Å². The molecule has 1 N–H and O–H groups in total. The molecule has 0 fully saturated rings. The van der Waals surface area contributed by atoms with E-state index in [0.717, 1.165) is 0 Å². The second-order valence-corrected chi connectivity index (χ2v) is 3.79. The maximum atomic E-state index is 12.1. The molecule has 2 rings (SSSR count). The number of carbonyl (C=O) groups excluding carboxylic acids is 1. The van der Waals surface area contributed by atoms with E-state index in [-0.39, 0.29) is 11.5 Å². The van der Waals surface area contributed by atoms with E-state index in [9.17, 15) is 9.59 Å². The molecule has 0 unspecified atom stereocenters. The van der Waals surface area contributed by atoms with Crippen molar-refractivity contribution < 1.29 is 14.7 Å². The van der Waals surface area contributed by atoms with Crippen LogP contribution in [0.15, 0.2) is 42.7 Å². The van der Waals surface area contributed by atoms with Gasteiger partial charge in [0.1, 0.15) is 11.5 Å². The fourth-order valence-corrected chi connectivity index (χ4v) is 1.48. The molecule has 96 valence electrons. The van der Waals surface area contributed by atoms with Gasteiger partial charge >= 0.3 is 5.97 Å². The summed E-state index contributed by atoms with van der Waals surface area (Å²) in [5.41, 5.74) is 0.372. The van der Waals surface area contributed by atoms with Gasteiger partial charge in [-0.25, -0.2) is 9.78 Å². The maximum absolute atomic E-state index is 12.1.